The Morgan fingerprint density at radius 3 is 2.56 bits per heavy atom. The van der Waals surface area contributed by atoms with Gasteiger partial charge in [0.15, 0.2) is 0 Å². The lowest BCUT2D eigenvalue weighted by Gasteiger charge is -2.47. The monoisotopic (exact) mass is 470 g/mol. The summed E-state index contributed by atoms with van der Waals surface area (Å²) in [4.78, 5) is 27.7. The van der Waals surface area contributed by atoms with Crippen molar-refractivity contribution in [2.45, 2.75) is 59.0 Å². The molecule has 0 unspecified atom stereocenters. The molecule has 34 heavy (non-hydrogen) atoms. The van der Waals surface area contributed by atoms with Crippen molar-refractivity contribution >= 4 is 12.1 Å². The highest BCUT2D eigenvalue weighted by Crippen LogP contribution is 2.38. The van der Waals surface area contributed by atoms with Crippen LogP contribution in [0.3, 0.4) is 0 Å². The zero-order valence-electron chi connectivity index (χ0n) is 20.9. The van der Waals surface area contributed by atoms with Crippen molar-refractivity contribution in [3.05, 3.63) is 59.6 Å². The molecule has 0 aliphatic carbocycles. The number of ether oxygens (including phenoxy) is 2. The van der Waals surface area contributed by atoms with Gasteiger partial charge in [-0.3, -0.25) is 9.80 Å². The number of carbonyl (C=O) groups excluding carboxylic acids is 1. The number of allylic oxidation sites excluding steroid dienone is 5. The molecule has 1 amide bonds. The zero-order valence-corrected chi connectivity index (χ0v) is 20.9. The van der Waals surface area contributed by atoms with Crippen molar-refractivity contribution in [3.63, 3.8) is 0 Å². The Kier molecular flexibility index (Phi) is 8.08. The standard InChI is InChI=1S/C27H38N2O5/c1-6-22(11-10-20(3)24(30)31)29-18-27(19-33-25(29)32)12-15-28(16-13-27)14-8-9-21-17-26(4,5)34-23(21)7-2/h7-11H,2,6,12-19H2,1,3-5H3,(H,30,31)/b9-8+,20-10+,22-11+. The van der Waals surface area contributed by atoms with E-state index in [0.717, 1.165) is 50.4 Å². The van der Waals surface area contributed by atoms with Crippen molar-refractivity contribution in [1.29, 1.82) is 0 Å². The van der Waals surface area contributed by atoms with Gasteiger partial charge in [0.1, 0.15) is 18.0 Å². The molecule has 3 aliphatic rings. The number of carboxylic acids is 1. The lowest BCUT2D eigenvalue weighted by Crippen LogP contribution is -2.54. The van der Waals surface area contributed by atoms with E-state index >= 15 is 0 Å². The van der Waals surface area contributed by atoms with Gasteiger partial charge in [0.2, 0.25) is 0 Å². The predicted molar refractivity (Wildman–Crippen MR) is 132 cm³/mol. The summed E-state index contributed by atoms with van der Waals surface area (Å²) in [6.45, 7) is 15.3. The van der Waals surface area contributed by atoms with Crippen molar-refractivity contribution in [1.82, 2.24) is 9.80 Å². The van der Waals surface area contributed by atoms with Gasteiger partial charge in [-0.25, -0.2) is 9.59 Å². The van der Waals surface area contributed by atoms with Crippen molar-refractivity contribution in [2.75, 3.05) is 32.8 Å². The van der Waals surface area contributed by atoms with Crippen LogP contribution in [0.25, 0.3) is 0 Å². The summed E-state index contributed by atoms with van der Waals surface area (Å²) in [6, 6.07) is 0. The predicted octanol–water partition coefficient (Wildman–Crippen LogP) is 5.04. The van der Waals surface area contributed by atoms with Gasteiger partial charge in [0.25, 0.3) is 0 Å². The molecule has 0 radical (unpaired) electrons. The number of piperidine rings is 1. The SMILES string of the molecule is C=CC1=C(/C=C/CN2CCC3(CC2)COC(=O)N(/C(=C/C=C(\C)C(=O)O)CC)C3)CC(C)(C)O1. The summed E-state index contributed by atoms with van der Waals surface area (Å²) in [5.41, 5.74) is 1.95. The maximum absolute atomic E-state index is 12.5. The van der Waals surface area contributed by atoms with Crippen LogP contribution >= 0.6 is 0 Å². The van der Waals surface area contributed by atoms with Crippen LogP contribution in [-0.2, 0) is 14.3 Å². The van der Waals surface area contributed by atoms with Crippen LogP contribution in [0.2, 0.25) is 0 Å². The molecule has 2 saturated heterocycles. The zero-order chi connectivity index (χ0) is 24.9. The molecular weight excluding hydrogens is 432 g/mol. The minimum Gasteiger partial charge on any atom is -0.487 e. The van der Waals surface area contributed by atoms with Crippen LogP contribution in [0.15, 0.2) is 59.6 Å². The van der Waals surface area contributed by atoms with Gasteiger partial charge in [0, 0.05) is 36.2 Å². The summed E-state index contributed by atoms with van der Waals surface area (Å²) >= 11 is 0. The lowest BCUT2D eigenvalue weighted by atomic mass is 9.77. The molecule has 0 atom stereocenters. The largest absolute Gasteiger partial charge is 0.487 e. The Morgan fingerprint density at radius 2 is 1.94 bits per heavy atom. The van der Waals surface area contributed by atoms with E-state index < -0.39 is 5.97 Å². The molecule has 0 aromatic carbocycles. The number of carboxylic acid groups (broad SMARTS) is 1. The molecule has 1 spiro atoms. The number of carbonyl (C=O) groups is 2. The maximum Gasteiger partial charge on any atom is 0.414 e. The second-order valence-corrected chi connectivity index (χ2v) is 10.1. The van der Waals surface area contributed by atoms with Gasteiger partial charge in [-0.05, 0) is 70.8 Å². The number of likely N-dealkylation sites (tertiary alicyclic amines) is 1. The normalized spacial score (nSPS) is 23.4. The number of hydrogen-bond acceptors (Lipinski definition) is 5. The molecule has 2 fully saturated rings. The molecule has 1 N–H and O–H groups in total. The lowest BCUT2D eigenvalue weighted by molar-refractivity contribution is -0.132. The number of hydrogen-bond donors (Lipinski definition) is 1. The van der Waals surface area contributed by atoms with Gasteiger partial charge in [-0.15, -0.1) is 0 Å². The fraction of sp³-hybridized carbons (Fsp3) is 0.556. The Morgan fingerprint density at radius 1 is 1.24 bits per heavy atom. The van der Waals surface area contributed by atoms with Crippen molar-refractivity contribution in [3.8, 4) is 0 Å². The first-order chi connectivity index (χ1) is 16.1. The summed E-state index contributed by atoms with van der Waals surface area (Å²) in [6.07, 6.45) is 12.5. The van der Waals surface area contributed by atoms with E-state index in [4.69, 9.17) is 14.6 Å². The highest BCUT2D eigenvalue weighted by Gasteiger charge is 2.43. The third-order valence-corrected chi connectivity index (χ3v) is 6.89. The van der Waals surface area contributed by atoms with Gasteiger partial charge in [-0.1, -0.05) is 31.7 Å². The Labute approximate surface area is 203 Å². The summed E-state index contributed by atoms with van der Waals surface area (Å²) in [5.74, 6) is -0.0943. The third-order valence-electron chi connectivity index (χ3n) is 6.89. The first kappa shape index (κ1) is 25.8. The topological polar surface area (TPSA) is 79.3 Å². The first-order valence-electron chi connectivity index (χ1n) is 12.1. The molecular formula is C27H38N2O5. The molecule has 3 heterocycles. The number of nitrogens with zero attached hydrogens (tertiary/aromatic N) is 2. The number of rotatable bonds is 8. The fourth-order valence-electron chi connectivity index (χ4n) is 4.76. The molecule has 7 nitrogen and oxygen atoms in total. The van der Waals surface area contributed by atoms with Gasteiger partial charge in [0.05, 0.1) is 0 Å². The van der Waals surface area contributed by atoms with Crippen molar-refractivity contribution < 1.29 is 24.2 Å². The summed E-state index contributed by atoms with van der Waals surface area (Å²) in [7, 11) is 0. The molecule has 7 heteroatoms. The smallest absolute Gasteiger partial charge is 0.414 e. The van der Waals surface area contributed by atoms with Crippen molar-refractivity contribution in [2.24, 2.45) is 5.41 Å². The van der Waals surface area contributed by atoms with E-state index in [0.29, 0.717) is 19.6 Å². The average Bonchev–Trinajstić information content (AvgIpc) is 3.11. The number of aliphatic carboxylic acids is 1. The third kappa shape index (κ3) is 6.20. The quantitative estimate of drug-likeness (QED) is 0.395. The van der Waals surface area contributed by atoms with Crippen LogP contribution < -0.4 is 0 Å². The van der Waals surface area contributed by atoms with Crippen LogP contribution in [-0.4, -0.2) is 65.4 Å². The highest BCUT2D eigenvalue weighted by molar-refractivity contribution is 5.86. The number of amides is 1. The highest BCUT2D eigenvalue weighted by atomic mass is 16.6. The molecule has 0 aromatic rings. The minimum atomic E-state index is -0.966. The molecule has 0 saturated carbocycles. The molecule has 186 valence electrons. The van der Waals surface area contributed by atoms with E-state index in [2.05, 4.69) is 37.5 Å². The second kappa shape index (κ2) is 10.6. The van der Waals surface area contributed by atoms with E-state index in [-0.39, 0.29) is 22.7 Å². The first-order valence-corrected chi connectivity index (χ1v) is 12.1. The maximum atomic E-state index is 12.5. The Balaban J connectivity index is 1.59. The van der Waals surface area contributed by atoms with Crippen LogP contribution in [0.5, 0.6) is 0 Å². The summed E-state index contributed by atoms with van der Waals surface area (Å²) < 4.78 is 11.5. The van der Waals surface area contributed by atoms with E-state index in [1.807, 2.05) is 6.92 Å². The summed E-state index contributed by atoms with van der Waals surface area (Å²) in [5, 5.41) is 9.10. The second-order valence-electron chi connectivity index (χ2n) is 10.1. The fourth-order valence-corrected chi connectivity index (χ4v) is 4.76. The van der Waals surface area contributed by atoms with E-state index in [1.165, 1.54) is 5.57 Å². The Hall–Kier alpha value is -2.80. The van der Waals surface area contributed by atoms with Gasteiger partial charge >= 0.3 is 12.1 Å². The number of cyclic esters (lactones) is 1. The molecule has 3 aliphatic heterocycles. The molecule has 0 aromatic heterocycles. The van der Waals surface area contributed by atoms with Crippen LogP contribution in [0.1, 0.15) is 53.4 Å². The van der Waals surface area contributed by atoms with Gasteiger partial charge < -0.3 is 14.6 Å². The van der Waals surface area contributed by atoms with E-state index in [1.54, 1.807) is 30.1 Å². The van der Waals surface area contributed by atoms with E-state index in [9.17, 15) is 9.59 Å². The Bertz CT molecular complexity index is 933. The van der Waals surface area contributed by atoms with Crippen LogP contribution in [0, 0.1) is 5.41 Å². The molecule has 3 rings (SSSR count). The minimum absolute atomic E-state index is 0.0736. The van der Waals surface area contributed by atoms with Gasteiger partial charge in [-0.2, -0.15) is 0 Å². The average molecular weight is 471 g/mol. The van der Waals surface area contributed by atoms with Crippen LogP contribution in [0.4, 0.5) is 4.79 Å². The molecule has 0 bridgehead atoms.